The van der Waals surface area contributed by atoms with Gasteiger partial charge in [0.1, 0.15) is 5.82 Å². The highest BCUT2D eigenvalue weighted by Gasteiger charge is 2.28. The maximum atomic E-state index is 13.9. The van der Waals surface area contributed by atoms with Gasteiger partial charge < -0.3 is 0 Å². The number of hydrogen-bond acceptors (Lipinski definition) is 0. The molecule has 1 aliphatic rings. The first-order chi connectivity index (χ1) is 7.02. The number of halogens is 3. The van der Waals surface area contributed by atoms with Crippen LogP contribution in [0.15, 0.2) is 6.07 Å². The Morgan fingerprint density at radius 2 is 2.07 bits per heavy atom. The van der Waals surface area contributed by atoms with Crippen molar-refractivity contribution in [3.8, 4) is 0 Å². The Labute approximate surface area is 103 Å². The standard InChI is InChI=1S/C12H13BrClF/c1-6-3-4-8(13)11-10(6)9(15)5-7(2)12(11)14/h5-6,8H,3-4H2,1-2H3. The number of fused-ring (bicyclic) bond motifs is 1. The second kappa shape index (κ2) is 4.06. The van der Waals surface area contributed by atoms with Crippen LogP contribution in [0, 0.1) is 12.7 Å². The third-order valence-corrected chi connectivity index (χ3v) is 4.55. The lowest BCUT2D eigenvalue weighted by atomic mass is 9.82. The topological polar surface area (TPSA) is 0 Å². The van der Waals surface area contributed by atoms with Crippen molar-refractivity contribution in [3.63, 3.8) is 0 Å². The number of hydrogen-bond donors (Lipinski definition) is 0. The summed E-state index contributed by atoms with van der Waals surface area (Å²) in [6.07, 6.45) is 2.04. The smallest absolute Gasteiger partial charge is 0.127 e. The predicted octanol–water partition coefficient (Wildman–Crippen LogP) is 5.12. The van der Waals surface area contributed by atoms with Crippen LogP contribution in [0.1, 0.15) is 47.2 Å². The third kappa shape index (κ3) is 1.83. The molecule has 0 fully saturated rings. The van der Waals surface area contributed by atoms with Gasteiger partial charge in [0, 0.05) is 9.85 Å². The average Bonchev–Trinajstić information content (AvgIpc) is 2.18. The Hall–Kier alpha value is -0.0800. The SMILES string of the molecule is Cc1cc(F)c2c(c1Cl)C(Br)CCC2C. The first kappa shape index (κ1) is 11.4. The molecule has 0 aromatic heterocycles. The summed E-state index contributed by atoms with van der Waals surface area (Å²) in [5.41, 5.74) is 2.60. The fraction of sp³-hybridized carbons (Fsp3) is 0.500. The summed E-state index contributed by atoms with van der Waals surface area (Å²) in [5.74, 6) is 0.162. The van der Waals surface area contributed by atoms with E-state index >= 15 is 0 Å². The second-order valence-corrected chi connectivity index (χ2v) is 5.75. The predicted molar refractivity (Wildman–Crippen MR) is 65.5 cm³/mol. The van der Waals surface area contributed by atoms with E-state index in [1.54, 1.807) is 6.07 Å². The molecule has 0 saturated carbocycles. The number of aryl methyl sites for hydroxylation is 1. The molecule has 0 radical (unpaired) electrons. The van der Waals surface area contributed by atoms with Gasteiger partial charge in [-0.2, -0.15) is 0 Å². The van der Waals surface area contributed by atoms with Crippen molar-refractivity contribution in [3.05, 3.63) is 33.6 Å². The maximum absolute atomic E-state index is 13.9. The molecule has 3 heteroatoms. The van der Waals surface area contributed by atoms with Crippen molar-refractivity contribution in [2.75, 3.05) is 0 Å². The molecule has 1 aliphatic carbocycles. The Balaban J connectivity index is 2.71. The van der Waals surface area contributed by atoms with Gasteiger partial charge >= 0.3 is 0 Å². The van der Waals surface area contributed by atoms with Crippen LogP contribution in [0.2, 0.25) is 5.02 Å². The zero-order chi connectivity index (χ0) is 11.2. The van der Waals surface area contributed by atoms with Gasteiger partial charge in [0.2, 0.25) is 0 Å². The summed E-state index contributed by atoms with van der Waals surface area (Å²) in [6, 6.07) is 1.54. The van der Waals surface area contributed by atoms with E-state index < -0.39 is 0 Å². The van der Waals surface area contributed by atoms with Crippen molar-refractivity contribution in [2.45, 2.75) is 37.4 Å². The number of benzene rings is 1. The maximum Gasteiger partial charge on any atom is 0.127 e. The van der Waals surface area contributed by atoms with E-state index in [-0.39, 0.29) is 16.6 Å². The van der Waals surface area contributed by atoms with Gasteiger partial charge in [-0.05, 0) is 48.4 Å². The van der Waals surface area contributed by atoms with Crippen molar-refractivity contribution in [1.82, 2.24) is 0 Å². The van der Waals surface area contributed by atoms with Crippen molar-refractivity contribution < 1.29 is 4.39 Å². The summed E-state index contributed by atoms with van der Waals surface area (Å²) in [7, 11) is 0. The highest BCUT2D eigenvalue weighted by molar-refractivity contribution is 9.09. The van der Waals surface area contributed by atoms with Crippen LogP contribution >= 0.6 is 27.5 Å². The van der Waals surface area contributed by atoms with Crippen molar-refractivity contribution >= 4 is 27.5 Å². The Morgan fingerprint density at radius 1 is 1.40 bits per heavy atom. The minimum atomic E-state index is -0.108. The Bertz CT molecular complexity index is 403. The largest absolute Gasteiger partial charge is 0.207 e. The third-order valence-electron chi connectivity index (χ3n) is 3.13. The van der Waals surface area contributed by atoms with Gasteiger partial charge in [0.15, 0.2) is 0 Å². The van der Waals surface area contributed by atoms with Gasteiger partial charge in [-0.3, -0.25) is 0 Å². The molecule has 0 nitrogen and oxygen atoms in total. The van der Waals surface area contributed by atoms with Gasteiger partial charge in [0.05, 0.1) is 0 Å². The van der Waals surface area contributed by atoms with Crippen LogP contribution in [0.5, 0.6) is 0 Å². The van der Waals surface area contributed by atoms with E-state index in [1.807, 2.05) is 6.92 Å². The molecule has 0 spiro atoms. The van der Waals surface area contributed by atoms with Gasteiger partial charge in [0.25, 0.3) is 0 Å². The molecule has 82 valence electrons. The van der Waals surface area contributed by atoms with E-state index in [0.717, 1.165) is 34.6 Å². The van der Waals surface area contributed by atoms with Crippen molar-refractivity contribution in [1.29, 1.82) is 0 Å². The quantitative estimate of drug-likeness (QED) is 0.582. The molecular weight excluding hydrogens is 278 g/mol. The molecule has 0 N–H and O–H groups in total. The van der Waals surface area contributed by atoms with Crippen LogP contribution in [-0.2, 0) is 0 Å². The second-order valence-electron chi connectivity index (χ2n) is 4.26. The van der Waals surface area contributed by atoms with E-state index in [1.165, 1.54) is 0 Å². The highest BCUT2D eigenvalue weighted by Crippen LogP contribution is 2.46. The summed E-state index contributed by atoms with van der Waals surface area (Å²) in [4.78, 5) is 0.200. The zero-order valence-electron chi connectivity index (χ0n) is 8.78. The van der Waals surface area contributed by atoms with Crippen LogP contribution in [0.3, 0.4) is 0 Å². The average molecular weight is 292 g/mol. The molecule has 0 bridgehead atoms. The fourth-order valence-corrected chi connectivity index (χ4v) is 3.44. The lowest BCUT2D eigenvalue weighted by Gasteiger charge is -2.28. The monoisotopic (exact) mass is 290 g/mol. The van der Waals surface area contributed by atoms with Crippen LogP contribution in [0.25, 0.3) is 0 Å². The van der Waals surface area contributed by atoms with Crippen LogP contribution in [0.4, 0.5) is 4.39 Å². The molecule has 2 atom stereocenters. The summed E-state index contributed by atoms with van der Waals surface area (Å²) in [6.45, 7) is 3.91. The molecule has 15 heavy (non-hydrogen) atoms. The van der Waals surface area contributed by atoms with E-state index in [2.05, 4.69) is 22.9 Å². The number of rotatable bonds is 0. The summed E-state index contributed by atoms with van der Waals surface area (Å²) >= 11 is 9.83. The van der Waals surface area contributed by atoms with E-state index in [9.17, 15) is 4.39 Å². The lowest BCUT2D eigenvalue weighted by molar-refractivity contribution is 0.529. The molecule has 1 aromatic rings. The molecule has 2 unspecified atom stereocenters. The first-order valence-electron chi connectivity index (χ1n) is 5.14. The normalized spacial score (nSPS) is 25.1. The molecular formula is C12H13BrClF. The molecule has 0 heterocycles. The van der Waals surface area contributed by atoms with Crippen LogP contribution in [-0.4, -0.2) is 0 Å². The van der Waals surface area contributed by atoms with Crippen molar-refractivity contribution in [2.24, 2.45) is 0 Å². The molecule has 0 amide bonds. The molecule has 2 rings (SSSR count). The van der Waals surface area contributed by atoms with Gasteiger partial charge in [-0.1, -0.05) is 34.5 Å². The minimum Gasteiger partial charge on any atom is -0.207 e. The Morgan fingerprint density at radius 3 is 2.73 bits per heavy atom. The lowest BCUT2D eigenvalue weighted by Crippen LogP contribution is -2.12. The molecule has 1 aromatic carbocycles. The minimum absolute atomic E-state index is 0.108. The molecule has 0 aliphatic heterocycles. The summed E-state index contributed by atoms with van der Waals surface area (Å²) < 4.78 is 13.9. The highest BCUT2D eigenvalue weighted by atomic mass is 79.9. The van der Waals surface area contributed by atoms with E-state index in [4.69, 9.17) is 11.6 Å². The van der Waals surface area contributed by atoms with E-state index in [0.29, 0.717) is 0 Å². The zero-order valence-corrected chi connectivity index (χ0v) is 11.1. The Kier molecular flexibility index (Phi) is 3.09. The summed E-state index contributed by atoms with van der Waals surface area (Å²) in [5, 5.41) is 0.722. The van der Waals surface area contributed by atoms with Gasteiger partial charge in [-0.15, -0.1) is 0 Å². The fourth-order valence-electron chi connectivity index (χ4n) is 2.28. The molecule has 0 saturated heterocycles. The number of alkyl halides is 1. The van der Waals surface area contributed by atoms with Gasteiger partial charge in [-0.25, -0.2) is 4.39 Å². The first-order valence-corrected chi connectivity index (χ1v) is 6.44. The van der Waals surface area contributed by atoms with Crippen LogP contribution < -0.4 is 0 Å².